The summed E-state index contributed by atoms with van der Waals surface area (Å²) in [5.74, 6) is 0. The van der Waals surface area contributed by atoms with Crippen LogP contribution >= 0.6 is 27.3 Å². The van der Waals surface area contributed by atoms with Crippen LogP contribution in [0.2, 0.25) is 0 Å². The maximum Gasteiger partial charge on any atom is 0.159 e. The molecule has 1 unspecified atom stereocenters. The number of rotatable bonds is 2. The molecule has 1 aromatic rings. The largest absolute Gasteiger partial charge is 0.393 e. The molecule has 0 spiro atoms. The molecule has 0 radical (unpaired) electrons. The van der Waals surface area contributed by atoms with E-state index in [4.69, 9.17) is 5.11 Å². The second-order valence-electron chi connectivity index (χ2n) is 2.13. The maximum atomic E-state index is 8.98. The highest BCUT2D eigenvalue weighted by Crippen LogP contribution is 2.19. The molecule has 10 heavy (non-hydrogen) atoms. The van der Waals surface area contributed by atoms with E-state index in [1.165, 1.54) is 0 Å². The van der Waals surface area contributed by atoms with Crippen molar-refractivity contribution in [3.8, 4) is 0 Å². The van der Waals surface area contributed by atoms with Gasteiger partial charge >= 0.3 is 0 Å². The minimum absolute atomic E-state index is 0.271. The third-order valence-electron chi connectivity index (χ3n) is 1.02. The van der Waals surface area contributed by atoms with Gasteiger partial charge < -0.3 is 5.11 Å². The van der Waals surface area contributed by atoms with E-state index in [9.17, 15) is 0 Å². The van der Waals surface area contributed by atoms with Crippen LogP contribution in [0.5, 0.6) is 0 Å². The lowest BCUT2D eigenvalue weighted by molar-refractivity contribution is 0.196. The number of thiazole rings is 1. The zero-order valence-corrected chi connectivity index (χ0v) is 7.94. The van der Waals surface area contributed by atoms with E-state index in [0.717, 1.165) is 8.79 Å². The highest BCUT2D eigenvalue weighted by molar-refractivity contribution is 9.11. The van der Waals surface area contributed by atoms with Crippen LogP contribution in [0, 0.1) is 0 Å². The van der Waals surface area contributed by atoms with E-state index in [0.29, 0.717) is 6.42 Å². The van der Waals surface area contributed by atoms with Crippen molar-refractivity contribution in [3.05, 3.63) is 15.0 Å². The normalized spacial score (nSPS) is 13.5. The van der Waals surface area contributed by atoms with Crippen molar-refractivity contribution in [1.82, 2.24) is 4.98 Å². The van der Waals surface area contributed by atoms with Crippen molar-refractivity contribution in [1.29, 1.82) is 0 Å². The topological polar surface area (TPSA) is 33.1 Å². The van der Waals surface area contributed by atoms with E-state index in [1.54, 1.807) is 24.5 Å². The Bertz CT molecular complexity index is 211. The van der Waals surface area contributed by atoms with E-state index in [1.807, 2.05) is 0 Å². The van der Waals surface area contributed by atoms with Crippen LogP contribution in [0.25, 0.3) is 0 Å². The lowest BCUT2D eigenvalue weighted by atomic mass is 10.3. The average molecular weight is 222 g/mol. The Balaban J connectivity index is 2.58. The molecule has 0 fully saturated rings. The van der Waals surface area contributed by atoms with Crippen LogP contribution < -0.4 is 0 Å². The fourth-order valence-electron chi connectivity index (χ4n) is 0.669. The molecule has 0 aliphatic carbocycles. The van der Waals surface area contributed by atoms with Gasteiger partial charge in [0.1, 0.15) is 0 Å². The monoisotopic (exact) mass is 221 g/mol. The molecule has 4 heteroatoms. The zero-order chi connectivity index (χ0) is 7.56. The van der Waals surface area contributed by atoms with Gasteiger partial charge in [-0.2, -0.15) is 0 Å². The van der Waals surface area contributed by atoms with Crippen molar-refractivity contribution in [2.75, 3.05) is 0 Å². The first kappa shape index (κ1) is 8.17. The molecular formula is C6H8BrNOS. The number of aliphatic hydroxyl groups is 1. The second kappa shape index (κ2) is 3.46. The minimum atomic E-state index is -0.271. The van der Waals surface area contributed by atoms with E-state index < -0.39 is 0 Å². The fourth-order valence-corrected chi connectivity index (χ4v) is 2.15. The third-order valence-corrected chi connectivity index (χ3v) is 2.52. The van der Waals surface area contributed by atoms with Crippen LogP contribution in [0.15, 0.2) is 10.1 Å². The molecule has 0 saturated carbocycles. The molecule has 1 aromatic heterocycles. The third kappa shape index (κ3) is 2.36. The Morgan fingerprint density at radius 2 is 2.60 bits per heavy atom. The minimum Gasteiger partial charge on any atom is -0.393 e. The van der Waals surface area contributed by atoms with Gasteiger partial charge in [-0.25, -0.2) is 4.98 Å². The molecule has 0 bridgehead atoms. The number of aliphatic hydroxyl groups excluding tert-OH is 1. The summed E-state index contributed by atoms with van der Waals surface area (Å²) < 4.78 is 0.878. The van der Waals surface area contributed by atoms with Crippen molar-refractivity contribution < 1.29 is 5.11 Å². The molecule has 1 atom stereocenters. The summed E-state index contributed by atoms with van der Waals surface area (Å²) in [6.45, 7) is 1.77. The summed E-state index contributed by atoms with van der Waals surface area (Å²) in [4.78, 5) is 5.11. The summed E-state index contributed by atoms with van der Waals surface area (Å²) in [6.07, 6.45) is 2.21. The predicted octanol–water partition coefficient (Wildman–Crippen LogP) is 1.83. The number of halogens is 1. The van der Waals surface area contributed by atoms with Gasteiger partial charge in [-0.05, 0) is 22.9 Å². The molecule has 1 heterocycles. The van der Waals surface area contributed by atoms with Crippen LogP contribution in [0.1, 0.15) is 11.8 Å². The summed E-state index contributed by atoms with van der Waals surface area (Å²) in [5, 5.41) is 8.98. The average Bonchev–Trinajstić information content (AvgIpc) is 2.13. The van der Waals surface area contributed by atoms with E-state index in [2.05, 4.69) is 20.9 Å². The lowest BCUT2D eigenvalue weighted by Gasteiger charge is -1.97. The summed E-state index contributed by atoms with van der Waals surface area (Å²) in [5.41, 5.74) is 0. The van der Waals surface area contributed by atoms with Crippen molar-refractivity contribution >= 4 is 27.3 Å². The van der Waals surface area contributed by atoms with Crippen LogP contribution in [-0.4, -0.2) is 16.2 Å². The van der Waals surface area contributed by atoms with Gasteiger partial charge in [0.25, 0.3) is 0 Å². The highest BCUT2D eigenvalue weighted by atomic mass is 79.9. The molecule has 56 valence electrons. The van der Waals surface area contributed by atoms with E-state index in [-0.39, 0.29) is 6.10 Å². The quantitative estimate of drug-likeness (QED) is 0.827. The number of hydrogen-bond donors (Lipinski definition) is 1. The molecule has 0 aliphatic rings. The first-order valence-corrected chi connectivity index (χ1v) is 4.57. The van der Waals surface area contributed by atoms with Crippen molar-refractivity contribution in [2.45, 2.75) is 19.4 Å². The standard InChI is InChI=1S/C6H8BrNOS/c1-4(9)2-5-3-8-6(7)10-5/h3-4,9H,2H2,1H3. The first-order chi connectivity index (χ1) is 4.68. The van der Waals surface area contributed by atoms with Gasteiger partial charge in [-0.3, -0.25) is 0 Å². The molecule has 2 nitrogen and oxygen atoms in total. The smallest absolute Gasteiger partial charge is 0.159 e. The number of nitrogens with zero attached hydrogens (tertiary/aromatic N) is 1. The predicted molar refractivity (Wildman–Crippen MR) is 45.2 cm³/mol. The van der Waals surface area contributed by atoms with Gasteiger partial charge in [0.05, 0.1) is 6.10 Å². The molecule has 1 rings (SSSR count). The summed E-state index contributed by atoms with van der Waals surface area (Å²) in [7, 11) is 0. The summed E-state index contributed by atoms with van der Waals surface area (Å²) >= 11 is 4.81. The fraction of sp³-hybridized carbons (Fsp3) is 0.500. The Morgan fingerprint density at radius 1 is 1.90 bits per heavy atom. The Morgan fingerprint density at radius 3 is 3.00 bits per heavy atom. The Labute approximate surface area is 72.0 Å². The molecule has 0 aliphatic heterocycles. The Kier molecular flexibility index (Phi) is 2.82. The second-order valence-corrected chi connectivity index (χ2v) is 4.52. The molecule has 1 N–H and O–H groups in total. The van der Waals surface area contributed by atoms with Gasteiger partial charge in [0, 0.05) is 17.5 Å². The van der Waals surface area contributed by atoms with Crippen molar-refractivity contribution in [3.63, 3.8) is 0 Å². The van der Waals surface area contributed by atoms with Crippen molar-refractivity contribution in [2.24, 2.45) is 0 Å². The zero-order valence-electron chi connectivity index (χ0n) is 5.54. The molecular weight excluding hydrogens is 214 g/mol. The molecule has 0 saturated heterocycles. The summed E-state index contributed by atoms with van der Waals surface area (Å²) in [6, 6.07) is 0. The van der Waals surface area contributed by atoms with Crippen LogP contribution in [-0.2, 0) is 6.42 Å². The molecule has 0 amide bonds. The lowest BCUT2D eigenvalue weighted by Crippen LogP contribution is -2.01. The highest BCUT2D eigenvalue weighted by Gasteiger charge is 2.01. The maximum absolute atomic E-state index is 8.98. The first-order valence-electron chi connectivity index (χ1n) is 2.97. The van der Waals surface area contributed by atoms with Gasteiger partial charge in [-0.1, -0.05) is 0 Å². The van der Waals surface area contributed by atoms with Gasteiger partial charge in [0.15, 0.2) is 3.92 Å². The molecule has 0 aromatic carbocycles. The van der Waals surface area contributed by atoms with Gasteiger partial charge in [0.2, 0.25) is 0 Å². The van der Waals surface area contributed by atoms with E-state index >= 15 is 0 Å². The van der Waals surface area contributed by atoms with Crippen LogP contribution in [0.4, 0.5) is 0 Å². The SMILES string of the molecule is CC(O)Cc1cnc(Br)s1. The number of aromatic nitrogens is 1. The number of hydrogen-bond acceptors (Lipinski definition) is 3. The van der Waals surface area contributed by atoms with Gasteiger partial charge in [-0.15, -0.1) is 11.3 Å². The Hall–Kier alpha value is 0.0700. The van der Waals surface area contributed by atoms with Crippen LogP contribution in [0.3, 0.4) is 0 Å².